The van der Waals surface area contributed by atoms with Gasteiger partial charge >= 0.3 is 0 Å². The third kappa shape index (κ3) is 2.50. The molecular weight excluding hydrogens is 294 g/mol. The van der Waals surface area contributed by atoms with Gasteiger partial charge in [0, 0.05) is 30.5 Å². The number of aliphatic hydroxyl groups excluding tert-OH is 1. The highest BCUT2D eigenvalue weighted by Gasteiger charge is 2.41. The first kappa shape index (κ1) is 14.3. The summed E-state index contributed by atoms with van der Waals surface area (Å²) in [6.45, 7) is 0.667. The van der Waals surface area contributed by atoms with Crippen LogP contribution < -0.4 is 10.6 Å². The molecule has 0 saturated carbocycles. The lowest BCUT2D eigenvalue weighted by atomic mass is 10.0. The van der Waals surface area contributed by atoms with E-state index in [4.69, 9.17) is 15.7 Å². The molecule has 1 atom stereocenters. The number of hydrogen-bond acceptors (Lipinski definition) is 7. The Labute approximate surface area is 125 Å². The number of rotatable bonds is 4. The summed E-state index contributed by atoms with van der Waals surface area (Å²) in [5.41, 5.74) is 6.78. The van der Waals surface area contributed by atoms with Crippen molar-refractivity contribution in [3.63, 3.8) is 0 Å². The summed E-state index contributed by atoms with van der Waals surface area (Å²) in [4.78, 5) is 31.2. The highest BCUT2D eigenvalue weighted by molar-refractivity contribution is 7.14. The smallest absolute Gasteiger partial charge is 0.249 e. The Hall–Kier alpha value is -1.64. The van der Waals surface area contributed by atoms with Gasteiger partial charge in [0.1, 0.15) is 6.04 Å². The third-order valence-electron chi connectivity index (χ3n) is 3.79. The number of thiophene rings is 1. The van der Waals surface area contributed by atoms with Crippen LogP contribution in [0.15, 0.2) is 5.38 Å². The van der Waals surface area contributed by atoms with Gasteiger partial charge < -0.3 is 15.7 Å². The van der Waals surface area contributed by atoms with Gasteiger partial charge in [0.05, 0.1) is 11.5 Å². The maximum Gasteiger partial charge on any atom is 0.249 e. The highest BCUT2D eigenvalue weighted by Crippen LogP contribution is 2.39. The van der Waals surface area contributed by atoms with Gasteiger partial charge in [0.25, 0.3) is 0 Å². The van der Waals surface area contributed by atoms with E-state index in [9.17, 15) is 9.59 Å². The van der Waals surface area contributed by atoms with Crippen molar-refractivity contribution in [2.75, 3.05) is 18.9 Å². The first-order valence-electron chi connectivity index (χ1n) is 6.87. The number of nitrogens with two attached hydrogens (primary N) is 1. The molecule has 0 radical (unpaired) electrons. The standard InChI is InChI=1S/C13H17N3O4S/c14-12-8-6-16(20-10(8)7-21-12)9-2-3-11(18)15(13(9)19)4-1-5-17/h7,9,17H,1-6,14H2. The zero-order valence-electron chi connectivity index (χ0n) is 11.4. The molecule has 1 fully saturated rings. The summed E-state index contributed by atoms with van der Waals surface area (Å²) in [5, 5.41) is 13.0. The van der Waals surface area contributed by atoms with Crippen molar-refractivity contribution in [1.82, 2.24) is 9.96 Å². The third-order valence-corrected chi connectivity index (χ3v) is 4.62. The monoisotopic (exact) mass is 311 g/mol. The van der Waals surface area contributed by atoms with Crippen molar-refractivity contribution >= 4 is 28.2 Å². The second-order valence-corrected chi connectivity index (χ2v) is 6.04. The lowest BCUT2D eigenvalue weighted by molar-refractivity contribution is -0.165. The fraction of sp³-hybridized carbons (Fsp3) is 0.538. The van der Waals surface area contributed by atoms with Crippen molar-refractivity contribution in [2.45, 2.75) is 31.8 Å². The summed E-state index contributed by atoms with van der Waals surface area (Å²) in [6.07, 6.45) is 1.15. The van der Waals surface area contributed by atoms with E-state index >= 15 is 0 Å². The number of hydroxylamine groups is 2. The Kier molecular flexibility index (Phi) is 3.83. The second-order valence-electron chi connectivity index (χ2n) is 5.12. The average molecular weight is 311 g/mol. The summed E-state index contributed by atoms with van der Waals surface area (Å²) in [5.74, 6) is 0.258. The average Bonchev–Trinajstić information content (AvgIpc) is 3.01. The van der Waals surface area contributed by atoms with Gasteiger partial charge in [-0.15, -0.1) is 16.4 Å². The molecule has 1 aromatic heterocycles. The van der Waals surface area contributed by atoms with E-state index in [2.05, 4.69) is 0 Å². The number of nitrogen functional groups attached to an aromatic ring is 1. The first-order valence-corrected chi connectivity index (χ1v) is 7.75. The van der Waals surface area contributed by atoms with E-state index in [1.54, 1.807) is 5.06 Å². The topological polar surface area (TPSA) is 96.1 Å². The van der Waals surface area contributed by atoms with Gasteiger partial charge in [0.15, 0.2) is 5.75 Å². The van der Waals surface area contributed by atoms with Gasteiger partial charge in [-0.1, -0.05) is 0 Å². The van der Waals surface area contributed by atoms with E-state index in [1.807, 2.05) is 5.38 Å². The molecule has 3 heterocycles. The van der Waals surface area contributed by atoms with Crippen LogP contribution in [0.4, 0.5) is 5.00 Å². The molecule has 1 saturated heterocycles. The van der Waals surface area contributed by atoms with Gasteiger partial charge in [0.2, 0.25) is 11.8 Å². The van der Waals surface area contributed by atoms with Crippen LogP contribution in [-0.4, -0.2) is 46.1 Å². The number of carbonyl (C=O) groups excluding carboxylic acids is 2. The molecule has 21 heavy (non-hydrogen) atoms. The van der Waals surface area contributed by atoms with E-state index in [1.165, 1.54) is 16.2 Å². The van der Waals surface area contributed by atoms with Crippen molar-refractivity contribution in [3.8, 4) is 5.75 Å². The maximum absolute atomic E-state index is 12.5. The van der Waals surface area contributed by atoms with Crippen LogP contribution in [0.2, 0.25) is 0 Å². The number of fused-ring (bicyclic) bond motifs is 1. The van der Waals surface area contributed by atoms with E-state index in [0.717, 1.165) is 5.56 Å². The van der Waals surface area contributed by atoms with Gasteiger partial charge in [-0.3, -0.25) is 14.5 Å². The van der Waals surface area contributed by atoms with Crippen LogP contribution in [0, 0.1) is 0 Å². The molecule has 0 aromatic carbocycles. The maximum atomic E-state index is 12.5. The van der Waals surface area contributed by atoms with Crippen LogP contribution in [0.3, 0.4) is 0 Å². The van der Waals surface area contributed by atoms with Crippen LogP contribution in [0.1, 0.15) is 24.8 Å². The molecule has 0 aliphatic carbocycles. The molecular formula is C13H17N3O4S. The summed E-state index contributed by atoms with van der Waals surface area (Å²) < 4.78 is 0. The molecule has 1 unspecified atom stereocenters. The molecule has 8 heteroatoms. The summed E-state index contributed by atoms with van der Waals surface area (Å²) in [7, 11) is 0. The Balaban J connectivity index is 1.72. The Morgan fingerprint density at radius 2 is 2.29 bits per heavy atom. The molecule has 0 spiro atoms. The lowest BCUT2D eigenvalue weighted by Crippen LogP contribution is -2.54. The fourth-order valence-electron chi connectivity index (χ4n) is 2.65. The lowest BCUT2D eigenvalue weighted by Gasteiger charge is -2.34. The molecule has 2 aliphatic heterocycles. The van der Waals surface area contributed by atoms with Crippen LogP contribution in [0.5, 0.6) is 5.75 Å². The molecule has 2 aliphatic rings. The fourth-order valence-corrected chi connectivity index (χ4v) is 3.38. The number of imide groups is 1. The van der Waals surface area contributed by atoms with E-state index in [0.29, 0.717) is 36.6 Å². The highest BCUT2D eigenvalue weighted by atomic mass is 32.1. The van der Waals surface area contributed by atoms with Crippen molar-refractivity contribution in [1.29, 1.82) is 0 Å². The number of amides is 2. The first-order chi connectivity index (χ1) is 10.1. The molecule has 7 nitrogen and oxygen atoms in total. The van der Waals surface area contributed by atoms with Crippen molar-refractivity contribution in [2.24, 2.45) is 0 Å². The molecule has 2 amide bonds. The zero-order chi connectivity index (χ0) is 15.0. The Morgan fingerprint density at radius 1 is 1.48 bits per heavy atom. The Morgan fingerprint density at radius 3 is 3.00 bits per heavy atom. The number of likely N-dealkylation sites (tertiary alicyclic amines) is 1. The van der Waals surface area contributed by atoms with Crippen LogP contribution in [0.25, 0.3) is 0 Å². The van der Waals surface area contributed by atoms with E-state index < -0.39 is 6.04 Å². The summed E-state index contributed by atoms with van der Waals surface area (Å²) >= 11 is 1.42. The number of carbonyl (C=O) groups is 2. The SMILES string of the molecule is Nc1scc2c1CN(C1CCC(=O)N(CCCO)C1=O)O2. The second kappa shape index (κ2) is 5.63. The molecule has 0 bridgehead atoms. The van der Waals surface area contributed by atoms with Gasteiger partial charge in [-0.25, -0.2) is 0 Å². The molecule has 3 rings (SSSR count). The largest absolute Gasteiger partial charge is 0.404 e. The number of hydrogen-bond donors (Lipinski definition) is 2. The quantitative estimate of drug-likeness (QED) is 0.779. The van der Waals surface area contributed by atoms with Gasteiger partial charge in [-0.05, 0) is 12.8 Å². The predicted molar refractivity (Wildman–Crippen MR) is 76.3 cm³/mol. The molecule has 3 N–H and O–H groups in total. The van der Waals surface area contributed by atoms with Crippen molar-refractivity contribution < 1.29 is 19.5 Å². The zero-order valence-corrected chi connectivity index (χ0v) is 12.3. The van der Waals surface area contributed by atoms with E-state index in [-0.39, 0.29) is 25.0 Å². The van der Waals surface area contributed by atoms with Crippen LogP contribution >= 0.6 is 11.3 Å². The minimum atomic E-state index is -0.474. The number of anilines is 1. The predicted octanol–water partition coefficient (Wildman–Crippen LogP) is 0.340. The number of nitrogens with zero attached hydrogens (tertiary/aromatic N) is 2. The minimum absolute atomic E-state index is 0.0462. The summed E-state index contributed by atoms with van der Waals surface area (Å²) in [6, 6.07) is -0.474. The van der Waals surface area contributed by atoms with Gasteiger partial charge in [-0.2, -0.15) is 0 Å². The van der Waals surface area contributed by atoms with Crippen LogP contribution in [-0.2, 0) is 16.1 Å². The minimum Gasteiger partial charge on any atom is -0.404 e. The number of aliphatic hydroxyl groups is 1. The molecule has 114 valence electrons. The number of piperidine rings is 1. The molecule has 1 aromatic rings. The Bertz CT molecular complexity index is 574. The normalized spacial score (nSPS) is 22.5. The van der Waals surface area contributed by atoms with Crippen molar-refractivity contribution in [3.05, 3.63) is 10.9 Å².